The zero-order valence-corrected chi connectivity index (χ0v) is 11.5. The summed E-state index contributed by atoms with van der Waals surface area (Å²) in [6.07, 6.45) is -5.27. The molecule has 0 saturated heterocycles. The molecule has 2 rings (SSSR count). The fraction of sp³-hybridized carbons (Fsp3) is 0.214. The molecule has 23 heavy (non-hydrogen) atoms. The lowest BCUT2D eigenvalue weighted by Crippen LogP contribution is -2.29. The molecule has 0 aliphatic heterocycles. The number of hydrogen-bond acceptors (Lipinski definition) is 4. The highest BCUT2D eigenvalue weighted by atomic mass is 19.4. The van der Waals surface area contributed by atoms with Crippen LogP contribution in [0.15, 0.2) is 36.5 Å². The Hall–Kier alpha value is -2.55. The van der Waals surface area contributed by atoms with Gasteiger partial charge in [-0.3, -0.25) is 4.79 Å². The average Bonchev–Trinajstić information content (AvgIpc) is 2.52. The third kappa shape index (κ3) is 4.46. The summed E-state index contributed by atoms with van der Waals surface area (Å²) in [4.78, 5) is 18.6. The lowest BCUT2D eigenvalue weighted by atomic mass is 10.1. The number of nitrogens with zero attached hydrogens (tertiary/aromatic N) is 2. The van der Waals surface area contributed by atoms with E-state index in [4.69, 9.17) is 0 Å². The maximum absolute atomic E-state index is 12.8. The molecule has 1 aromatic heterocycles. The molecule has 1 aromatic carbocycles. The minimum atomic E-state index is -4.62. The van der Waals surface area contributed by atoms with Crippen LogP contribution in [0, 0.1) is 5.82 Å². The summed E-state index contributed by atoms with van der Waals surface area (Å²) >= 11 is 0. The summed E-state index contributed by atoms with van der Waals surface area (Å²) in [5, 5.41) is 12.0. The number of aliphatic hydroxyl groups is 1. The minimum absolute atomic E-state index is 0.147. The van der Waals surface area contributed by atoms with Crippen LogP contribution < -0.4 is 5.32 Å². The lowest BCUT2D eigenvalue weighted by Gasteiger charge is -2.12. The quantitative estimate of drug-likeness (QED) is 0.841. The van der Waals surface area contributed by atoms with E-state index in [2.05, 4.69) is 15.3 Å². The molecule has 0 saturated carbocycles. The topological polar surface area (TPSA) is 75.1 Å². The predicted molar refractivity (Wildman–Crippen MR) is 70.2 cm³/mol. The molecule has 0 spiro atoms. The van der Waals surface area contributed by atoms with Crippen LogP contribution in [-0.2, 0) is 17.5 Å². The van der Waals surface area contributed by atoms with Crippen molar-refractivity contribution < 1.29 is 27.5 Å². The summed E-state index contributed by atoms with van der Waals surface area (Å²) < 4.78 is 50.3. The van der Waals surface area contributed by atoms with Crippen LogP contribution in [0.25, 0.3) is 0 Å². The van der Waals surface area contributed by atoms with E-state index < -0.39 is 29.7 Å². The van der Waals surface area contributed by atoms with Gasteiger partial charge < -0.3 is 10.4 Å². The van der Waals surface area contributed by atoms with Gasteiger partial charge in [0, 0.05) is 6.20 Å². The first-order chi connectivity index (χ1) is 10.8. The first kappa shape index (κ1) is 16.8. The van der Waals surface area contributed by atoms with E-state index in [-0.39, 0.29) is 17.9 Å². The first-order valence-electron chi connectivity index (χ1n) is 6.38. The molecule has 0 bridgehead atoms. The molecule has 0 radical (unpaired) electrons. The molecule has 122 valence electrons. The Bertz CT molecular complexity index is 689. The molecule has 0 fully saturated rings. The third-order valence-electron chi connectivity index (χ3n) is 2.85. The van der Waals surface area contributed by atoms with Crippen LogP contribution in [0.4, 0.5) is 17.6 Å². The molecule has 2 aromatic rings. The zero-order chi connectivity index (χ0) is 17.0. The van der Waals surface area contributed by atoms with Gasteiger partial charge in [-0.25, -0.2) is 14.4 Å². The zero-order valence-electron chi connectivity index (χ0n) is 11.5. The number of benzene rings is 1. The van der Waals surface area contributed by atoms with E-state index >= 15 is 0 Å². The number of aromatic nitrogens is 2. The Balaban J connectivity index is 2.00. The molecule has 1 atom stereocenters. The highest BCUT2D eigenvalue weighted by molar-refractivity contribution is 5.81. The van der Waals surface area contributed by atoms with Crippen molar-refractivity contribution in [1.82, 2.24) is 15.3 Å². The molecule has 0 aliphatic carbocycles. The van der Waals surface area contributed by atoms with Gasteiger partial charge in [0.1, 0.15) is 17.3 Å². The average molecular weight is 329 g/mol. The second-order valence-corrected chi connectivity index (χ2v) is 4.53. The van der Waals surface area contributed by atoms with E-state index in [1.807, 2.05) is 0 Å². The van der Waals surface area contributed by atoms with Gasteiger partial charge in [-0.1, -0.05) is 12.1 Å². The minimum Gasteiger partial charge on any atom is -0.378 e. The highest BCUT2D eigenvalue weighted by Crippen LogP contribution is 2.26. The molecule has 5 nitrogen and oxygen atoms in total. The summed E-state index contributed by atoms with van der Waals surface area (Å²) in [5.41, 5.74) is -0.982. The van der Waals surface area contributed by atoms with Crippen LogP contribution in [0.3, 0.4) is 0 Å². The predicted octanol–water partition coefficient (Wildman–Crippen LogP) is 1.98. The van der Waals surface area contributed by atoms with Crippen molar-refractivity contribution in [2.45, 2.75) is 18.8 Å². The van der Waals surface area contributed by atoms with Crippen molar-refractivity contribution in [3.8, 4) is 0 Å². The number of carbonyl (C=O) groups excluding carboxylic acids is 1. The molecular weight excluding hydrogens is 318 g/mol. The molecule has 0 unspecified atom stereocenters. The molecular formula is C14H11F4N3O2. The van der Waals surface area contributed by atoms with E-state index in [0.29, 0.717) is 6.07 Å². The Morgan fingerprint density at radius 3 is 2.48 bits per heavy atom. The maximum atomic E-state index is 12.8. The smallest absolute Gasteiger partial charge is 0.378 e. The van der Waals surface area contributed by atoms with Gasteiger partial charge in [-0.15, -0.1) is 0 Å². The normalized spacial score (nSPS) is 12.7. The first-order valence-corrected chi connectivity index (χ1v) is 6.38. The van der Waals surface area contributed by atoms with Crippen molar-refractivity contribution in [1.29, 1.82) is 0 Å². The third-order valence-corrected chi connectivity index (χ3v) is 2.85. The van der Waals surface area contributed by atoms with Gasteiger partial charge in [-0.05, 0) is 23.8 Å². The standard InChI is InChI=1S/C14H11F4N3O2/c15-9-3-1-8(2-4-9)12(22)13(23)20-7-11-19-6-5-10(21-11)14(16,17)18/h1-6,12,22H,7H2,(H,20,23)/t12-/m0/s1. The summed E-state index contributed by atoms with van der Waals surface area (Å²) in [6, 6.07) is 5.29. The van der Waals surface area contributed by atoms with Crippen molar-refractivity contribution in [2.24, 2.45) is 0 Å². The second kappa shape index (κ2) is 6.69. The Morgan fingerprint density at radius 1 is 1.22 bits per heavy atom. The monoisotopic (exact) mass is 329 g/mol. The molecule has 0 aliphatic rings. The molecule has 2 N–H and O–H groups in total. The SMILES string of the molecule is O=C(NCc1nccc(C(F)(F)F)n1)[C@@H](O)c1ccc(F)cc1. The number of amides is 1. The Labute approximate surface area is 128 Å². The number of alkyl halides is 3. The lowest BCUT2D eigenvalue weighted by molar-refractivity contribution is -0.141. The van der Waals surface area contributed by atoms with Crippen LogP contribution in [0.1, 0.15) is 23.2 Å². The van der Waals surface area contributed by atoms with Crippen LogP contribution >= 0.6 is 0 Å². The van der Waals surface area contributed by atoms with Gasteiger partial charge in [-0.2, -0.15) is 13.2 Å². The fourth-order valence-electron chi connectivity index (χ4n) is 1.70. The van der Waals surface area contributed by atoms with Gasteiger partial charge >= 0.3 is 6.18 Å². The van der Waals surface area contributed by atoms with E-state index in [9.17, 15) is 27.5 Å². The van der Waals surface area contributed by atoms with Gasteiger partial charge in [0.15, 0.2) is 6.10 Å². The van der Waals surface area contributed by atoms with Crippen molar-refractivity contribution in [3.05, 3.63) is 59.4 Å². The Morgan fingerprint density at radius 2 is 1.87 bits per heavy atom. The van der Waals surface area contributed by atoms with Crippen LogP contribution in [-0.4, -0.2) is 21.0 Å². The summed E-state index contributed by atoms with van der Waals surface area (Å²) in [7, 11) is 0. The van der Waals surface area contributed by atoms with Crippen LogP contribution in [0.5, 0.6) is 0 Å². The van der Waals surface area contributed by atoms with E-state index in [0.717, 1.165) is 18.3 Å². The van der Waals surface area contributed by atoms with Crippen molar-refractivity contribution in [2.75, 3.05) is 0 Å². The van der Waals surface area contributed by atoms with Crippen molar-refractivity contribution >= 4 is 5.91 Å². The van der Waals surface area contributed by atoms with Crippen LogP contribution in [0.2, 0.25) is 0 Å². The molecule has 9 heteroatoms. The van der Waals surface area contributed by atoms with Gasteiger partial charge in [0.05, 0.1) is 6.54 Å². The number of hydrogen-bond donors (Lipinski definition) is 2. The number of carbonyl (C=O) groups is 1. The fourth-order valence-corrected chi connectivity index (χ4v) is 1.70. The summed E-state index contributed by atoms with van der Waals surface area (Å²) in [6.45, 7) is -0.388. The molecule has 1 heterocycles. The van der Waals surface area contributed by atoms with Gasteiger partial charge in [0.25, 0.3) is 5.91 Å². The van der Waals surface area contributed by atoms with Gasteiger partial charge in [0.2, 0.25) is 0 Å². The molecule has 1 amide bonds. The second-order valence-electron chi connectivity index (χ2n) is 4.53. The number of halogens is 4. The van der Waals surface area contributed by atoms with E-state index in [1.54, 1.807) is 0 Å². The van der Waals surface area contributed by atoms with E-state index in [1.165, 1.54) is 12.1 Å². The highest BCUT2D eigenvalue weighted by Gasteiger charge is 2.32. The number of nitrogens with one attached hydrogen (secondary N) is 1. The Kier molecular flexibility index (Phi) is 4.89. The maximum Gasteiger partial charge on any atom is 0.433 e. The number of aliphatic hydroxyl groups excluding tert-OH is 1. The number of rotatable bonds is 4. The van der Waals surface area contributed by atoms with Crippen molar-refractivity contribution in [3.63, 3.8) is 0 Å². The summed E-state index contributed by atoms with van der Waals surface area (Å²) in [5.74, 6) is -1.64. The largest absolute Gasteiger partial charge is 0.433 e.